The van der Waals surface area contributed by atoms with Crippen LogP contribution in [0, 0.1) is 0 Å². The number of ether oxygens (including phenoxy) is 1. The van der Waals surface area contributed by atoms with Crippen molar-refractivity contribution >= 4 is 27.5 Å². The van der Waals surface area contributed by atoms with Gasteiger partial charge in [-0.3, -0.25) is 0 Å². The number of benzene rings is 1. The predicted octanol–water partition coefficient (Wildman–Crippen LogP) is 4.26. The maximum absolute atomic E-state index is 6.12. The summed E-state index contributed by atoms with van der Waals surface area (Å²) in [5, 5.41) is 4.01. The van der Waals surface area contributed by atoms with Gasteiger partial charge in [0.2, 0.25) is 0 Å². The van der Waals surface area contributed by atoms with Gasteiger partial charge in [0.25, 0.3) is 0 Å². The predicted molar refractivity (Wildman–Crippen MR) is 77.0 cm³/mol. The third-order valence-corrected chi connectivity index (χ3v) is 3.23. The molecule has 1 N–H and O–H groups in total. The lowest BCUT2D eigenvalue weighted by molar-refractivity contribution is 0.194. The Kier molecular flexibility index (Phi) is 6.93. The first-order chi connectivity index (χ1) is 8.17. The van der Waals surface area contributed by atoms with E-state index in [0.29, 0.717) is 5.02 Å². The highest BCUT2D eigenvalue weighted by Gasteiger charge is 2.10. The van der Waals surface area contributed by atoms with Gasteiger partial charge in [-0.2, -0.15) is 0 Å². The molecule has 0 aromatic heterocycles. The van der Waals surface area contributed by atoms with E-state index < -0.39 is 0 Å². The third kappa shape index (κ3) is 5.28. The Morgan fingerprint density at radius 3 is 2.76 bits per heavy atom. The number of rotatable bonds is 7. The van der Waals surface area contributed by atoms with Crippen LogP contribution >= 0.6 is 27.5 Å². The van der Waals surface area contributed by atoms with Crippen LogP contribution in [0.25, 0.3) is 0 Å². The van der Waals surface area contributed by atoms with E-state index in [0.717, 1.165) is 36.2 Å². The fourth-order valence-corrected chi connectivity index (χ4v) is 2.18. The van der Waals surface area contributed by atoms with Crippen molar-refractivity contribution in [1.29, 1.82) is 0 Å². The lowest BCUT2D eigenvalue weighted by Gasteiger charge is -2.19. The first-order valence-electron chi connectivity index (χ1n) is 5.99. The minimum absolute atomic E-state index is 0.167. The van der Waals surface area contributed by atoms with E-state index in [2.05, 4.69) is 35.1 Å². The van der Waals surface area contributed by atoms with Crippen LogP contribution in [0.1, 0.15) is 26.7 Å². The first-order valence-corrected chi connectivity index (χ1v) is 7.16. The van der Waals surface area contributed by atoms with Gasteiger partial charge in [-0.05, 0) is 37.6 Å². The molecule has 1 unspecified atom stereocenters. The van der Waals surface area contributed by atoms with E-state index >= 15 is 0 Å². The monoisotopic (exact) mass is 319 g/mol. The molecule has 2 nitrogen and oxygen atoms in total. The van der Waals surface area contributed by atoms with E-state index in [9.17, 15) is 0 Å². The molecule has 1 rings (SSSR count). The zero-order valence-corrected chi connectivity index (χ0v) is 12.6. The second-order valence-corrected chi connectivity index (χ2v) is 5.25. The molecule has 0 aliphatic heterocycles. The fraction of sp³-hybridized carbons (Fsp3) is 0.538. The van der Waals surface area contributed by atoms with Gasteiger partial charge < -0.3 is 10.1 Å². The van der Waals surface area contributed by atoms with Crippen molar-refractivity contribution in [3.8, 4) is 5.75 Å². The normalized spacial score (nSPS) is 12.5. The van der Waals surface area contributed by atoms with Crippen molar-refractivity contribution in [3.05, 3.63) is 27.7 Å². The van der Waals surface area contributed by atoms with Crippen LogP contribution in [-0.2, 0) is 0 Å². The highest BCUT2D eigenvalue weighted by atomic mass is 79.9. The van der Waals surface area contributed by atoms with Crippen LogP contribution in [-0.4, -0.2) is 19.2 Å². The zero-order chi connectivity index (χ0) is 12.7. The quantitative estimate of drug-likeness (QED) is 0.758. The molecule has 4 heteroatoms. The minimum atomic E-state index is 0.167. The van der Waals surface area contributed by atoms with Crippen LogP contribution in [0.3, 0.4) is 0 Å². The summed E-state index contributed by atoms with van der Waals surface area (Å²) in [7, 11) is 0. The Balaban J connectivity index is 2.54. The third-order valence-electron chi connectivity index (χ3n) is 2.44. The van der Waals surface area contributed by atoms with Gasteiger partial charge in [0.05, 0.1) is 5.02 Å². The summed E-state index contributed by atoms with van der Waals surface area (Å²) in [6.45, 7) is 6.15. The van der Waals surface area contributed by atoms with E-state index in [4.69, 9.17) is 16.3 Å². The molecule has 0 spiro atoms. The molecular weight excluding hydrogens is 302 g/mol. The van der Waals surface area contributed by atoms with Gasteiger partial charge in [0, 0.05) is 11.0 Å². The van der Waals surface area contributed by atoms with E-state index in [-0.39, 0.29) is 6.10 Å². The number of hydrogen-bond acceptors (Lipinski definition) is 2. The summed E-state index contributed by atoms with van der Waals surface area (Å²) in [5.74, 6) is 0.750. The molecule has 1 atom stereocenters. The molecule has 17 heavy (non-hydrogen) atoms. The Bertz CT molecular complexity index is 346. The molecule has 0 heterocycles. The summed E-state index contributed by atoms with van der Waals surface area (Å²) in [5.41, 5.74) is 0. The molecule has 0 saturated heterocycles. The highest BCUT2D eigenvalue weighted by Crippen LogP contribution is 2.28. The largest absolute Gasteiger partial charge is 0.488 e. The lowest BCUT2D eigenvalue weighted by atomic mass is 10.2. The van der Waals surface area contributed by atoms with E-state index in [1.54, 1.807) is 0 Å². The van der Waals surface area contributed by atoms with Crippen molar-refractivity contribution < 1.29 is 4.74 Å². The first kappa shape index (κ1) is 14.8. The van der Waals surface area contributed by atoms with Gasteiger partial charge in [0.1, 0.15) is 11.9 Å². The van der Waals surface area contributed by atoms with E-state index in [1.165, 1.54) is 0 Å². The minimum Gasteiger partial charge on any atom is -0.488 e. The SMILES string of the molecule is CCCNCC(CC)Oc1ccc(Br)cc1Cl. The van der Waals surface area contributed by atoms with Crippen LogP contribution in [0.4, 0.5) is 0 Å². The molecule has 1 aromatic rings. The maximum Gasteiger partial charge on any atom is 0.138 e. The molecule has 0 aliphatic carbocycles. The number of hydrogen-bond donors (Lipinski definition) is 1. The summed E-state index contributed by atoms with van der Waals surface area (Å²) in [6.07, 6.45) is 2.26. The number of halogens is 2. The van der Waals surface area contributed by atoms with Gasteiger partial charge in [0.15, 0.2) is 0 Å². The topological polar surface area (TPSA) is 21.3 Å². The van der Waals surface area contributed by atoms with Crippen LogP contribution in [0.2, 0.25) is 5.02 Å². The smallest absolute Gasteiger partial charge is 0.138 e. The molecule has 0 radical (unpaired) electrons. The van der Waals surface area contributed by atoms with Gasteiger partial charge in [-0.15, -0.1) is 0 Å². The molecule has 0 fully saturated rings. The van der Waals surface area contributed by atoms with Crippen molar-refractivity contribution in [2.24, 2.45) is 0 Å². The highest BCUT2D eigenvalue weighted by molar-refractivity contribution is 9.10. The summed E-state index contributed by atoms with van der Waals surface area (Å²) in [4.78, 5) is 0. The Morgan fingerprint density at radius 2 is 2.18 bits per heavy atom. The van der Waals surface area contributed by atoms with Crippen molar-refractivity contribution in [2.75, 3.05) is 13.1 Å². The molecule has 0 aliphatic rings. The lowest BCUT2D eigenvalue weighted by Crippen LogP contribution is -2.31. The molecule has 96 valence electrons. The second-order valence-electron chi connectivity index (χ2n) is 3.93. The Morgan fingerprint density at radius 1 is 1.41 bits per heavy atom. The second kappa shape index (κ2) is 7.96. The van der Waals surface area contributed by atoms with E-state index in [1.807, 2.05) is 18.2 Å². The Labute approximate surface area is 117 Å². The molecule has 0 amide bonds. The molecule has 0 saturated carbocycles. The average molecular weight is 321 g/mol. The summed E-state index contributed by atoms with van der Waals surface area (Å²) >= 11 is 9.49. The summed E-state index contributed by atoms with van der Waals surface area (Å²) < 4.78 is 6.85. The zero-order valence-electron chi connectivity index (χ0n) is 10.3. The fourth-order valence-electron chi connectivity index (χ4n) is 1.46. The van der Waals surface area contributed by atoms with Crippen molar-refractivity contribution in [1.82, 2.24) is 5.32 Å². The van der Waals surface area contributed by atoms with Gasteiger partial charge in [-0.25, -0.2) is 0 Å². The Hall–Kier alpha value is -0.250. The standard InChI is InChI=1S/C13H19BrClNO/c1-3-7-16-9-11(4-2)17-13-6-5-10(14)8-12(13)15/h5-6,8,11,16H,3-4,7,9H2,1-2H3. The maximum atomic E-state index is 6.12. The number of nitrogens with one attached hydrogen (secondary N) is 1. The molecule has 0 bridgehead atoms. The van der Waals surface area contributed by atoms with Gasteiger partial charge in [-0.1, -0.05) is 41.4 Å². The molecule has 1 aromatic carbocycles. The van der Waals surface area contributed by atoms with Gasteiger partial charge >= 0.3 is 0 Å². The van der Waals surface area contributed by atoms with Crippen molar-refractivity contribution in [2.45, 2.75) is 32.8 Å². The summed E-state index contributed by atoms with van der Waals surface area (Å²) in [6, 6.07) is 5.69. The van der Waals surface area contributed by atoms with Crippen molar-refractivity contribution in [3.63, 3.8) is 0 Å². The molecular formula is C13H19BrClNO. The average Bonchev–Trinajstić information content (AvgIpc) is 2.31. The van der Waals surface area contributed by atoms with Crippen LogP contribution in [0.5, 0.6) is 5.75 Å². The van der Waals surface area contributed by atoms with Crippen LogP contribution in [0.15, 0.2) is 22.7 Å². The van der Waals surface area contributed by atoms with Crippen LogP contribution < -0.4 is 10.1 Å².